The molecule has 0 saturated heterocycles. The fraction of sp³-hybridized carbons (Fsp3) is 0.400. The summed E-state index contributed by atoms with van der Waals surface area (Å²) >= 11 is 0. The zero-order chi connectivity index (χ0) is 14.3. The summed E-state index contributed by atoms with van der Waals surface area (Å²) < 4.78 is 0. The number of rotatable bonds is 5. The van der Waals surface area contributed by atoms with Crippen molar-refractivity contribution < 1.29 is 9.72 Å². The minimum atomic E-state index is -0.548. The van der Waals surface area contributed by atoms with Gasteiger partial charge in [-0.05, 0) is 18.1 Å². The summed E-state index contributed by atoms with van der Waals surface area (Å²) in [5, 5.41) is 10.7. The lowest BCUT2D eigenvalue weighted by Crippen LogP contribution is -2.26. The van der Waals surface area contributed by atoms with E-state index < -0.39 is 16.8 Å². The van der Waals surface area contributed by atoms with Gasteiger partial charge in [-0.3, -0.25) is 10.1 Å². The first kappa shape index (κ1) is 14.9. The third kappa shape index (κ3) is 4.92. The molecule has 0 saturated carbocycles. The number of nitro groups is 1. The molecule has 0 aliphatic carbocycles. The molecule has 0 aliphatic heterocycles. The van der Waals surface area contributed by atoms with Gasteiger partial charge in [0.05, 0.1) is 5.92 Å². The fourth-order valence-electron chi connectivity index (χ4n) is 1.84. The van der Waals surface area contributed by atoms with Crippen LogP contribution in [0.2, 0.25) is 0 Å². The van der Waals surface area contributed by atoms with E-state index in [4.69, 9.17) is 0 Å². The molecular weight excluding hydrogens is 242 g/mol. The summed E-state index contributed by atoms with van der Waals surface area (Å²) in [4.78, 5) is 21.4. The second-order valence-corrected chi connectivity index (χ2v) is 4.71. The molecule has 0 radical (unpaired) electrons. The minimum Gasteiger partial charge on any atom is -0.303 e. The molecule has 0 aromatic heterocycles. The zero-order valence-corrected chi connectivity index (χ0v) is 11.1. The van der Waals surface area contributed by atoms with E-state index in [0.29, 0.717) is 0 Å². The van der Waals surface area contributed by atoms with Crippen LogP contribution in [0.1, 0.15) is 19.4 Å². The first-order valence-electron chi connectivity index (χ1n) is 6.18. The van der Waals surface area contributed by atoms with Gasteiger partial charge in [-0.15, -0.1) is 0 Å². The molecule has 0 bridgehead atoms. The highest BCUT2D eigenvalue weighted by Gasteiger charge is 2.26. The van der Waals surface area contributed by atoms with Crippen LogP contribution >= 0.6 is 0 Å². The van der Waals surface area contributed by atoms with Crippen molar-refractivity contribution in [1.82, 2.24) is 0 Å². The number of carbonyl (C=O) groups excluding carboxylic acids is 1. The largest absolute Gasteiger partial charge is 0.303 e. The molecule has 1 aromatic rings. The molecule has 2 atom stereocenters. The van der Waals surface area contributed by atoms with E-state index in [9.17, 15) is 14.9 Å². The van der Waals surface area contributed by atoms with E-state index in [1.807, 2.05) is 44.2 Å². The van der Waals surface area contributed by atoms with Crippen LogP contribution < -0.4 is 0 Å². The molecule has 19 heavy (non-hydrogen) atoms. The van der Waals surface area contributed by atoms with Crippen molar-refractivity contribution in [3.63, 3.8) is 0 Å². The Kier molecular flexibility index (Phi) is 5.74. The number of hydrogen-bond donors (Lipinski definition) is 0. The summed E-state index contributed by atoms with van der Waals surface area (Å²) in [6, 6.07) is 9.25. The molecule has 100 valence electrons. The zero-order valence-electron chi connectivity index (χ0n) is 11.1. The van der Waals surface area contributed by atoms with Gasteiger partial charge in [-0.2, -0.15) is 0 Å². The fourth-order valence-corrected chi connectivity index (χ4v) is 1.84. The molecule has 0 amide bonds. The molecular formula is C15H17NO3. The maximum absolute atomic E-state index is 11.1. The summed E-state index contributed by atoms with van der Waals surface area (Å²) in [5.41, 5.74) is 0.796. The Morgan fingerprint density at radius 2 is 1.95 bits per heavy atom. The van der Waals surface area contributed by atoms with Gasteiger partial charge in [-0.25, -0.2) is 0 Å². The van der Waals surface area contributed by atoms with Crippen LogP contribution in [0.3, 0.4) is 0 Å². The lowest BCUT2D eigenvalue weighted by molar-refractivity contribution is -0.486. The third-order valence-corrected chi connectivity index (χ3v) is 2.91. The van der Waals surface area contributed by atoms with Crippen molar-refractivity contribution in [2.24, 2.45) is 17.8 Å². The number of nitrogens with zero attached hydrogens (tertiary/aromatic N) is 1. The van der Waals surface area contributed by atoms with E-state index >= 15 is 0 Å². The number of aldehydes is 1. The lowest BCUT2D eigenvalue weighted by Gasteiger charge is -2.17. The molecule has 1 rings (SSSR count). The van der Waals surface area contributed by atoms with Gasteiger partial charge in [0.15, 0.2) is 0 Å². The molecule has 0 N–H and O–H groups in total. The Balaban J connectivity index is 2.95. The van der Waals surface area contributed by atoms with Crippen LogP contribution in [0, 0.1) is 39.7 Å². The van der Waals surface area contributed by atoms with Gasteiger partial charge in [0.25, 0.3) is 0 Å². The quantitative estimate of drug-likeness (QED) is 0.353. The van der Waals surface area contributed by atoms with Gasteiger partial charge < -0.3 is 4.79 Å². The smallest absolute Gasteiger partial charge is 0.218 e. The van der Waals surface area contributed by atoms with Gasteiger partial charge in [0.1, 0.15) is 6.29 Å². The maximum Gasteiger partial charge on any atom is 0.218 e. The Labute approximate surface area is 113 Å². The predicted molar refractivity (Wildman–Crippen MR) is 73.1 cm³/mol. The van der Waals surface area contributed by atoms with Crippen LogP contribution in [0.5, 0.6) is 0 Å². The van der Waals surface area contributed by atoms with Crippen LogP contribution in [0.15, 0.2) is 30.3 Å². The third-order valence-electron chi connectivity index (χ3n) is 2.91. The second-order valence-electron chi connectivity index (χ2n) is 4.71. The van der Waals surface area contributed by atoms with E-state index in [1.54, 1.807) is 0 Å². The van der Waals surface area contributed by atoms with E-state index in [2.05, 4.69) is 11.8 Å². The monoisotopic (exact) mass is 259 g/mol. The molecule has 4 nitrogen and oxygen atoms in total. The first-order valence-corrected chi connectivity index (χ1v) is 6.18. The van der Waals surface area contributed by atoms with Crippen molar-refractivity contribution in [1.29, 1.82) is 0 Å². The summed E-state index contributed by atoms with van der Waals surface area (Å²) in [6.07, 6.45) is 0.776. The van der Waals surface area contributed by atoms with Crippen molar-refractivity contribution in [2.75, 3.05) is 6.54 Å². The molecule has 0 heterocycles. The van der Waals surface area contributed by atoms with Crippen LogP contribution in [0.25, 0.3) is 0 Å². The topological polar surface area (TPSA) is 60.2 Å². The highest BCUT2D eigenvalue weighted by Crippen LogP contribution is 2.19. The SMILES string of the molecule is CC(C)[C@@H](C=O)C(C#Cc1ccccc1)C[N+](=O)[O-]. The van der Waals surface area contributed by atoms with Crippen molar-refractivity contribution in [3.05, 3.63) is 46.0 Å². The van der Waals surface area contributed by atoms with E-state index in [1.165, 1.54) is 0 Å². The summed E-state index contributed by atoms with van der Waals surface area (Å²) in [6.45, 7) is 3.44. The van der Waals surface area contributed by atoms with Crippen molar-refractivity contribution >= 4 is 6.29 Å². The van der Waals surface area contributed by atoms with E-state index in [0.717, 1.165) is 11.8 Å². The normalized spacial score (nSPS) is 13.2. The molecule has 0 aliphatic rings. The van der Waals surface area contributed by atoms with Gasteiger partial charge in [-0.1, -0.05) is 43.9 Å². The predicted octanol–water partition coefficient (Wildman–Crippen LogP) is 2.40. The maximum atomic E-state index is 11.1. The first-order chi connectivity index (χ1) is 9.04. The Morgan fingerprint density at radius 3 is 2.42 bits per heavy atom. The summed E-state index contributed by atoms with van der Waals surface area (Å²) in [5.74, 6) is 4.85. The number of benzene rings is 1. The molecule has 0 fully saturated rings. The van der Waals surface area contributed by atoms with Crippen molar-refractivity contribution in [3.8, 4) is 11.8 Å². The van der Waals surface area contributed by atoms with Gasteiger partial charge >= 0.3 is 0 Å². The molecule has 4 heteroatoms. The van der Waals surface area contributed by atoms with Gasteiger partial charge in [0.2, 0.25) is 6.54 Å². The number of carbonyl (C=O) groups is 1. The highest BCUT2D eigenvalue weighted by atomic mass is 16.6. The second kappa shape index (κ2) is 7.32. The van der Waals surface area contributed by atoms with Crippen LogP contribution in [-0.2, 0) is 4.79 Å². The Bertz CT molecular complexity index is 485. The minimum absolute atomic E-state index is 0.0347. The Morgan fingerprint density at radius 1 is 1.32 bits per heavy atom. The van der Waals surface area contributed by atoms with Crippen LogP contribution in [-0.4, -0.2) is 17.8 Å². The Hall–Kier alpha value is -2.15. The summed E-state index contributed by atoms with van der Waals surface area (Å²) in [7, 11) is 0. The van der Waals surface area contributed by atoms with Crippen LogP contribution in [0.4, 0.5) is 0 Å². The molecule has 1 unspecified atom stereocenters. The van der Waals surface area contributed by atoms with Gasteiger partial charge in [0, 0.05) is 16.4 Å². The molecule has 0 spiro atoms. The van der Waals surface area contributed by atoms with E-state index in [-0.39, 0.29) is 12.5 Å². The van der Waals surface area contributed by atoms with Crippen molar-refractivity contribution in [2.45, 2.75) is 13.8 Å². The standard InChI is InChI=1S/C15H17NO3/c1-12(2)15(11-17)14(10-16(18)19)9-8-13-6-4-3-5-7-13/h3-7,11-12,14-15H,10H2,1-2H3/t14?,15-/m1/s1. The average Bonchev–Trinajstić information content (AvgIpc) is 2.36. The lowest BCUT2D eigenvalue weighted by atomic mass is 9.84. The average molecular weight is 259 g/mol. The highest BCUT2D eigenvalue weighted by molar-refractivity contribution is 5.55. The molecule has 1 aromatic carbocycles. The number of hydrogen-bond acceptors (Lipinski definition) is 3.